The molecule has 2 heterocycles. The summed E-state index contributed by atoms with van der Waals surface area (Å²) >= 11 is 0. The summed E-state index contributed by atoms with van der Waals surface area (Å²) in [5.74, 6) is -1.21. The van der Waals surface area contributed by atoms with Gasteiger partial charge in [-0.15, -0.1) is 13.2 Å². The molecule has 2 fully saturated rings. The van der Waals surface area contributed by atoms with Crippen LogP contribution < -0.4 is 4.74 Å². The molecule has 34 heavy (non-hydrogen) atoms. The lowest BCUT2D eigenvalue weighted by atomic mass is 9.72. The first-order valence-electron chi connectivity index (χ1n) is 11.7. The minimum Gasteiger partial charge on any atom is -0.511 e. The van der Waals surface area contributed by atoms with E-state index in [2.05, 4.69) is 16.9 Å². The third-order valence-electron chi connectivity index (χ3n) is 7.48. The van der Waals surface area contributed by atoms with E-state index in [1.807, 2.05) is 20.8 Å². The van der Waals surface area contributed by atoms with Crippen LogP contribution >= 0.6 is 0 Å². The fraction of sp³-hybridized carbons (Fsp3) is 0.444. The van der Waals surface area contributed by atoms with Crippen LogP contribution in [-0.2, 0) is 22.4 Å². The summed E-state index contributed by atoms with van der Waals surface area (Å²) in [4.78, 5) is 13.6. The first kappa shape index (κ1) is 23.0. The molecule has 2 bridgehead atoms. The van der Waals surface area contributed by atoms with Gasteiger partial charge in [0.15, 0.2) is 5.78 Å². The predicted octanol–water partition coefficient (Wildman–Crippen LogP) is 6.06. The number of halogens is 3. The van der Waals surface area contributed by atoms with E-state index in [9.17, 15) is 23.1 Å². The number of Topliss-reactive ketones (excluding diaryl/α,β-unsaturated/α-hetero) is 1. The monoisotopic (exact) mass is 472 g/mol. The molecule has 5 rings (SSSR count). The van der Waals surface area contributed by atoms with E-state index in [0.29, 0.717) is 12.0 Å². The number of hydrogen-bond acceptors (Lipinski definition) is 4. The Morgan fingerprint density at radius 1 is 1.06 bits per heavy atom. The maximum absolute atomic E-state index is 13.6. The molecule has 0 aromatic heterocycles. The molecule has 3 unspecified atom stereocenters. The van der Waals surface area contributed by atoms with E-state index in [1.165, 1.54) is 12.1 Å². The number of carbonyl (C=O) groups excluding carboxylic acids is 1. The number of aryl methyl sites for hydroxylation is 3. The molecular weight excluding hydrogens is 445 g/mol. The number of ether oxygens (including phenoxy) is 2. The molecule has 4 nitrogen and oxygen atoms in total. The average molecular weight is 473 g/mol. The molecule has 2 aliphatic heterocycles. The van der Waals surface area contributed by atoms with Crippen LogP contribution in [0.3, 0.4) is 0 Å². The van der Waals surface area contributed by atoms with E-state index < -0.39 is 24.3 Å². The van der Waals surface area contributed by atoms with E-state index in [1.54, 1.807) is 12.1 Å². The minimum absolute atomic E-state index is 0.0596. The zero-order chi connectivity index (χ0) is 24.4. The summed E-state index contributed by atoms with van der Waals surface area (Å²) in [7, 11) is 0. The van der Waals surface area contributed by atoms with E-state index in [4.69, 9.17) is 4.74 Å². The number of carbonyl (C=O) groups is 1. The molecular formula is C27H27F3O4. The van der Waals surface area contributed by atoms with Crippen LogP contribution in [0, 0.1) is 18.8 Å². The number of rotatable bonds is 5. The average Bonchev–Trinajstić information content (AvgIpc) is 3.44. The zero-order valence-electron chi connectivity index (χ0n) is 19.3. The van der Waals surface area contributed by atoms with Crippen molar-refractivity contribution in [2.45, 2.75) is 64.5 Å². The summed E-state index contributed by atoms with van der Waals surface area (Å²) in [6.45, 7) is 6.13. The number of hydrogen-bond donors (Lipinski definition) is 1. The summed E-state index contributed by atoms with van der Waals surface area (Å²) in [5, 5.41) is 11.4. The number of aliphatic hydroxyl groups excluding tert-OH is 1. The Bertz CT molecular complexity index is 1140. The van der Waals surface area contributed by atoms with Gasteiger partial charge in [-0.3, -0.25) is 4.79 Å². The largest absolute Gasteiger partial charge is 0.573 e. The Labute approximate surface area is 196 Å². The van der Waals surface area contributed by atoms with Crippen molar-refractivity contribution in [3.63, 3.8) is 0 Å². The van der Waals surface area contributed by atoms with Crippen molar-refractivity contribution in [3.8, 4) is 5.75 Å². The van der Waals surface area contributed by atoms with Crippen LogP contribution in [0.4, 0.5) is 13.2 Å². The molecule has 5 atom stereocenters. The van der Waals surface area contributed by atoms with Crippen LogP contribution in [0.1, 0.15) is 54.0 Å². The van der Waals surface area contributed by atoms with Gasteiger partial charge in [0, 0.05) is 5.92 Å². The molecule has 1 N–H and O–H groups in total. The summed E-state index contributed by atoms with van der Waals surface area (Å²) < 4.78 is 47.6. The van der Waals surface area contributed by atoms with E-state index >= 15 is 0 Å². The van der Waals surface area contributed by atoms with Crippen LogP contribution in [0.2, 0.25) is 0 Å². The third-order valence-corrected chi connectivity index (χ3v) is 7.48. The van der Waals surface area contributed by atoms with Gasteiger partial charge in [-0.2, -0.15) is 0 Å². The molecule has 0 amide bonds. The topological polar surface area (TPSA) is 55.8 Å². The van der Waals surface area contributed by atoms with Gasteiger partial charge in [0.05, 0.1) is 29.6 Å². The highest BCUT2D eigenvalue weighted by molar-refractivity contribution is 6.26. The smallest absolute Gasteiger partial charge is 0.511 e. The van der Waals surface area contributed by atoms with Gasteiger partial charge >= 0.3 is 6.36 Å². The van der Waals surface area contributed by atoms with Crippen LogP contribution in [0.15, 0.2) is 42.2 Å². The maximum atomic E-state index is 13.6. The van der Waals surface area contributed by atoms with Gasteiger partial charge < -0.3 is 14.6 Å². The summed E-state index contributed by atoms with van der Waals surface area (Å²) in [5.41, 5.74) is 5.33. The van der Waals surface area contributed by atoms with Gasteiger partial charge in [-0.05, 0) is 60.6 Å². The molecule has 7 heteroatoms. The van der Waals surface area contributed by atoms with Crippen molar-refractivity contribution in [1.82, 2.24) is 0 Å². The quantitative estimate of drug-likeness (QED) is 0.575. The first-order valence-corrected chi connectivity index (χ1v) is 11.7. The minimum atomic E-state index is -4.74. The van der Waals surface area contributed by atoms with Crippen molar-refractivity contribution >= 4 is 11.4 Å². The van der Waals surface area contributed by atoms with Crippen LogP contribution in [0.25, 0.3) is 5.57 Å². The Hall–Kier alpha value is -2.80. The second kappa shape index (κ2) is 8.15. The Morgan fingerprint density at radius 3 is 2.24 bits per heavy atom. The number of allylic oxidation sites excluding steroid dienone is 1. The van der Waals surface area contributed by atoms with Crippen molar-refractivity contribution in [2.24, 2.45) is 11.8 Å². The molecule has 2 aromatic carbocycles. The molecule has 0 spiro atoms. The standard InChI is InChI=1S/C27H27F3O4/c1-4-14-10-13(3)11-15(5-2)20(14)22-24(31)21-19-12-18(26(33-19)23(21)25(22)32)16-6-8-17(9-7-16)34-27(28,29)30/h6-11,18-19,21,23,26,32H,4-5,12H2,1-3H3/t18?,19?,21-,23+,26?/m0/s1. The van der Waals surface area contributed by atoms with Crippen molar-refractivity contribution in [3.05, 3.63) is 70.0 Å². The number of benzene rings is 2. The molecule has 1 aliphatic carbocycles. The Kier molecular flexibility index (Phi) is 5.51. The zero-order valence-corrected chi connectivity index (χ0v) is 19.3. The Morgan fingerprint density at radius 2 is 1.68 bits per heavy atom. The van der Waals surface area contributed by atoms with Gasteiger partial charge in [-0.25, -0.2) is 0 Å². The van der Waals surface area contributed by atoms with Gasteiger partial charge in [0.2, 0.25) is 0 Å². The number of fused-ring (bicyclic) bond motifs is 5. The van der Waals surface area contributed by atoms with Crippen LogP contribution in [-0.4, -0.2) is 29.5 Å². The van der Waals surface area contributed by atoms with Crippen molar-refractivity contribution in [1.29, 1.82) is 0 Å². The predicted molar refractivity (Wildman–Crippen MR) is 121 cm³/mol. The lowest BCUT2D eigenvalue weighted by molar-refractivity contribution is -0.274. The lowest BCUT2D eigenvalue weighted by Gasteiger charge is -2.27. The Balaban J connectivity index is 1.49. The van der Waals surface area contributed by atoms with Crippen LogP contribution in [0.5, 0.6) is 5.75 Å². The van der Waals surface area contributed by atoms with E-state index in [-0.39, 0.29) is 29.3 Å². The molecule has 0 saturated carbocycles. The van der Waals surface area contributed by atoms with Crippen molar-refractivity contribution < 1.29 is 32.5 Å². The number of ketones is 1. The van der Waals surface area contributed by atoms with Gasteiger partial charge in [-0.1, -0.05) is 43.7 Å². The SMILES string of the molecule is CCc1cc(C)cc(CC)c1C1=C(O)[C@@H]2C3OC(CC3c3ccc(OC(F)(F)F)cc3)[C@@H]2C1=O. The molecule has 0 radical (unpaired) electrons. The first-order chi connectivity index (χ1) is 16.1. The lowest BCUT2D eigenvalue weighted by Crippen LogP contribution is -2.33. The molecule has 2 aromatic rings. The molecule has 3 aliphatic rings. The highest BCUT2D eigenvalue weighted by Gasteiger charge is 2.62. The van der Waals surface area contributed by atoms with Crippen molar-refractivity contribution in [2.75, 3.05) is 0 Å². The summed E-state index contributed by atoms with van der Waals surface area (Å²) in [6.07, 6.45) is -3.37. The fourth-order valence-corrected chi connectivity index (χ4v) is 6.17. The number of aliphatic hydroxyl groups is 1. The molecule has 180 valence electrons. The summed E-state index contributed by atoms with van der Waals surface area (Å²) in [6, 6.07) is 9.95. The third kappa shape index (κ3) is 3.61. The van der Waals surface area contributed by atoms with Gasteiger partial charge in [0.1, 0.15) is 11.5 Å². The second-order valence-corrected chi connectivity index (χ2v) is 9.44. The second-order valence-electron chi connectivity index (χ2n) is 9.44. The van der Waals surface area contributed by atoms with E-state index in [0.717, 1.165) is 40.7 Å². The molecule has 2 saturated heterocycles. The highest BCUT2D eigenvalue weighted by Crippen LogP contribution is 2.58. The number of alkyl halides is 3. The van der Waals surface area contributed by atoms with Gasteiger partial charge in [0.25, 0.3) is 0 Å². The maximum Gasteiger partial charge on any atom is 0.573 e. The highest BCUT2D eigenvalue weighted by atomic mass is 19.4. The fourth-order valence-electron chi connectivity index (χ4n) is 6.17. The normalized spacial score (nSPS) is 28.1.